The topological polar surface area (TPSA) is 89.0 Å². The molecule has 2 heterocycles. The highest BCUT2D eigenvalue weighted by molar-refractivity contribution is 7.90. The number of sulfone groups is 1. The standard InChI is InChI=1S/C22H16FN3O3S/c1-30(28,29)16-8-10-21(24-13-16)26-22(27)18-12-19(14-5-3-2-4-6-14)25-20-11-15(23)7-9-17(18)20/h2-13H,1H3,(H,24,26,27). The van der Waals surface area contributed by atoms with Crippen LogP contribution in [0.3, 0.4) is 0 Å². The second-order valence-corrected chi connectivity index (χ2v) is 8.70. The zero-order valence-electron chi connectivity index (χ0n) is 15.8. The minimum Gasteiger partial charge on any atom is -0.307 e. The molecule has 30 heavy (non-hydrogen) atoms. The zero-order chi connectivity index (χ0) is 21.3. The molecule has 0 saturated carbocycles. The van der Waals surface area contributed by atoms with Crippen molar-refractivity contribution in [3.63, 3.8) is 0 Å². The molecule has 0 atom stereocenters. The third-order valence-electron chi connectivity index (χ3n) is 4.49. The van der Waals surface area contributed by atoms with Gasteiger partial charge in [0.05, 0.1) is 21.7 Å². The van der Waals surface area contributed by atoms with Crippen molar-refractivity contribution in [1.82, 2.24) is 9.97 Å². The van der Waals surface area contributed by atoms with Crippen molar-refractivity contribution in [3.05, 3.63) is 84.3 Å². The molecular weight excluding hydrogens is 405 g/mol. The van der Waals surface area contributed by atoms with Crippen molar-refractivity contribution in [1.29, 1.82) is 0 Å². The molecule has 0 unspecified atom stereocenters. The summed E-state index contributed by atoms with van der Waals surface area (Å²) in [5.74, 6) is -0.726. The van der Waals surface area contributed by atoms with Gasteiger partial charge in [-0.2, -0.15) is 0 Å². The summed E-state index contributed by atoms with van der Waals surface area (Å²) in [6, 6.07) is 17.7. The Kier molecular flexibility index (Phi) is 5.01. The fourth-order valence-corrected chi connectivity index (χ4v) is 3.56. The first kappa shape index (κ1) is 19.7. The summed E-state index contributed by atoms with van der Waals surface area (Å²) in [6.07, 6.45) is 2.26. The first-order chi connectivity index (χ1) is 14.3. The van der Waals surface area contributed by atoms with Crippen LogP contribution in [0.4, 0.5) is 10.2 Å². The van der Waals surface area contributed by atoms with Crippen LogP contribution in [0, 0.1) is 5.82 Å². The van der Waals surface area contributed by atoms with Crippen LogP contribution in [0.5, 0.6) is 0 Å². The Balaban J connectivity index is 1.76. The van der Waals surface area contributed by atoms with E-state index in [1.54, 1.807) is 6.07 Å². The Bertz CT molecular complexity index is 1360. The number of nitrogens with zero attached hydrogens (tertiary/aromatic N) is 2. The number of hydrogen-bond acceptors (Lipinski definition) is 5. The van der Waals surface area contributed by atoms with E-state index in [9.17, 15) is 17.6 Å². The maximum Gasteiger partial charge on any atom is 0.257 e. The fraction of sp³-hybridized carbons (Fsp3) is 0.0455. The third-order valence-corrected chi connectivity index (χ3v) is 5.59. The highest BCUT2D eigenvalue weighted by Gasteiger charge is 2.16. The minimum atomic E-state index is -3.39. The van der Waals surface area contributed by atoms with Gasteiger partial charge in [-0.05, 0) is 30.3 Å². The van der Waals surface area contributed by atoms with Gasteiger partial charge in [0.2, 0.25) is 0 Å². The Hall–Kier alpha value is -3.65. The number of carbonyl (C=O) groups excluding carboxylic acids is 1. The number of aromatic nitrogens is 2. The lowest BCUT2D eigenvalue weighted by Gasteiger charge is -2.11. The lowest BCUT2D eigenvalue weighted by molar-refractivity contribution is 0.102. The van der Waals surface area contributed by atoms with Crippen LogP contribution in [-0.2, 0) is 9.84 Å². The van der Waals surface area contributed by atoms with Crippen LogP contribution in [0.1, 0.15) is 10.4 Å². The largest absolute Gasteiger partial charge is 0.307 e. The molecule has 0 aliphatic rings. The number of halogens is 1. The van der Waals surface area contributed by atoms with Crippen molar-refractivity contribution in [3.8, 4) is 11.3 Å². The molecular formula is C22H16FN3O3S. The third kappa shape index (κ3) is 4.04. The van der Waals surface area contributed by atoms with Gasteiger partial charge in [-0.15, -0.1) is 0 Å². The molecule has 0 aliphatic heterocycles. The molecule has 0 bridgehead atoms. The van der Waals surface area contributed by atoms with Gasteiger partial charge in [-0.25, -0.2) is 22.8 Å². The summed E-state index contributed by atoms with van der Waals surface area (Å²) in [5.41, 5.74) is 1.96. The Morgan fingerprint density at radius 1 is 1.00 bits per heavy atom. The summed E-state index contributed by atoms with van der Waals surface area (Å²) in [7, 11) is -3.39. The number of benzene rings is 2. The van der Waals surface area contributed by atoms with Gasteiger partial charge >= 0.3 is 0 Å². The zero-order valence-corrected chi connectivity index (χ0v) is 16.7. The quantitative estimate of drug-likeness (QED) is 0.536. The van der Waals surface area contributed by atoms with Gasteiger partial charge in [0.15, 0.2) is 9.84 Å². The molecule has 0 radical (unpaired) electrons. The summed E-state index contributed by atoms with van der Waals surface area (Å²) in [5, 5.41) is 3.14. The van der Waals surface area contributed by atoms with E-state index < -0.39 is 21.6 Å². The molecule has 1 N–H and O–H groups in total. The predicted octanol–water partition coefficient (Wildman–Crippen LogP) is 4.09. The fourth-order valence-electron chi connectivity index (χ4n) is 3.00. The van der Waals surface area contributed by atoms with Gasteiger partial charge in [0.25, 0.3) is 5.91 Å². The molecule has 2 aromatic carbocycles. The molecule has 4 rings (SSSR count). The van der Waals surface area contributed by atoms with Crippen LogP contribution in [0.15, 0.2) is 77.8 Å². The molecule has 6 nitrogen and oxygen atoms in total. The number of pyridine rings is 2. The second kappa shape index (κ2) is 7.64. The van der Waals surface area contributed by atoms with Gasteiger partial charge in [-0.3, -0.25) is 4.79 Å². The van der Waals surface area contributed by atoms with E-state index in [4.69, 9.17) is 0 Å². The minimum absolute atomic E-state index is 0.0525. The average molecular weight is 421 g/mol. The SMILES string of the molecule is CS(=O)(=O)c1ccc(NC(=O)c2cc(-c3ccccc3)nc3cc(F)ccc23)nc1. The lowest BCUT2D eigenvalue weighted by atomic mass is 10.0. The number of carbonyl (C=O) groups is 1. The van der Waals surface area contributed by atoms with E-state index in [1.807, 2.05) is 30.3 Å². The Morgan fingerprint density at radius 3 is 2.43 bits per heavy atom. The molecule has 0 saturated heterocycles. The van der Waals surface area contributed by atoms with Gasteiger partial charge < -0.3 is 5.32 Å². The molecule has 0 spiro atoms. The maximum atomic E-state index is 13.8. The smallest absolute Gasteiger partial charge is 0.257 e. The van der Waals surface area contributed by atoms with Crippen LogP contribution in [-0.4, -0.2) is 30.5 Å². The first-order valence-electron chi connectivity index (χ1n) is 8.94. The number of fused-ring (bicyclic) bond motifs is 1. The lowest BCUT2D eigenvalue weighted by Crippen LogP contribution is -2.14. The van der Waals surface area contributed by atoms with E-state index in [0.717, 1.165) is 11.8 Å². The Labute approximate surface area is 172 Å². The molecule has 8 heteroatoms. The van der Waals surface area contributed by atoms with E-state index >= 15 is 0 Å². The summed E-state index contributed by atoms with van der Waals surface area (Å²) in [4.78, 5) is 21.5. The second-order valence-electron chi connectivity index (χ2n) is 6.69. The van der Waals surface area contributed by atoms with E-state index in [-0.39, 0.29) is 10.7 Å². The molecule has 150 valence electrons. The summed E-state index contributed by atoms with van der Waals surface area (Å²) in [6.45, 7) is 0. The molecule has 0 aliphatic carbocycles. The van der Waals surface area contributed by atoms with E-state index in [0.29, 0.717) is 22.2 Å². The molecule has 2 aromatic heterocycles. The van der Waals surface area contributed by atoms with Crippen molar-refractivity contribution in [2.75, 3.05) is 11.6 Å². The van der Waals surface area contributed by atoms with Gasteiger partial charge in [0, 0.05) is 29.5 Å². The monoisotopic (exact) mass is 421 g/mol. The maximum absolute atomic E-state index is 13.8. The highest BCUT2D eigenvalue weighted by Crippen LogP contribution is 2.26. The number of rotatable bonds is 4. The normalized spacial score (nSPS) is 11.4. The van der Waals surface area contributed by atoms with Crippen molar-refractivity contribution in [2.24, 2.45) is 0 Å². The van der Waals surface area contributed by atoms with Crippen LogP contribution in [0.2, 0.25) is 0 Å². The average Bonchev–Trinajstić information content (AvgIpc) is 2.73. The van der Waals surface area contributed by atoms with E-state index in [1.165, 1.54) is 36.5 Å². The molecule has 4 aromatic rings. The van der Waals surface area contributed by atoms with Crippen LogP contribution in [0.25, 0.3) is 22.2 Å². The number of anilines is 1. The summed E-state index contributed by atoms with van der Waals surface area (Å²) >= 11 is 0. The number of nitrogens with one attached hydrogen (secondary N) is 1. The van der Waals surface area contributed by atoms with Crippen molar-refractivity contribution < 1.29 is 17.6 Å². The molecule has 1 amide bonds. The van der Waals surface area contributed by atoms with Gasteiger partial charge in [0.1, 0.15) is 11.6 Å². The predicted molar refractivity (Wildman–Crippen MR) is 112 cm³/mol. The van der Waals surface area contributed by atoms with Gasteiger partial charge in [-0.1, -0.05) is 30.3 Å². The van der Waals surface area contributed by atoms with E-state index in [2.05, 4.69) is 15.3 Å². The molecule has 0 fully saturated rings. The highest BCUT2D eigenvalue weighted by atomic mass is 32.2. The number of hydrogen-bond donors (Lipinski definition) is 1. The van der Waals surface area contributed by atoms with Crippen molar-refractivity contribution >= 4 is 32.5 Å². The van der Waals surface area contributed by atoms with Crippen LogP contribution < -0.4 is 5.32 Å². The Morgan fingerprint density at radius 2 is 1.77 bits per heavy atom. The van der Waals surface area contributed by atoms with Crippen LogP contribution >= 0.6 is 0 Å². The summed E-state index contributed by atoms with van der Waals surface area (Å²) < 4.78 is 36.9. The number of amides is 1. The first-order valence-corrected chi connectivity index (χ1v) is 10.8. The van der Waals surface area contributed by atoms with Crippen molar-refractivity contribution in [2.45, 2.75) is 4.90 Å².